The average Bonchev–Trinajstić information content (AvgIpc) is 3.22. The van der Waals surface area contributed by atoms with E-state index in [9.17, 15) is 4.79 Å². The maximum Gasteiger partial charge on any atom is 0.240 e. The number of hydrogen-bond donors (Lipinski definition) is 1. The van der Waals surface area contributed by atoms with Crippen molar-refractivity contribution in [2.75, 3.05) is 33.7 Å². The van der Waals surface area contributed by atoms with E-state index in [0.717, 1.165) is 51.7 Å². The van der Waals surface area contributed by atoms with E-state index in [1.54, 1.807) is 0 Å². The van der Waals surface area contributed by atoms with Crippen LogP contribution >= 0.6 is 0 Å². The number of nitrogens with one attached hydrogen (secondary N) is 1. The molecule has 2 atom stereocenters. The summed E-state index contributed by atoms with van der Waals surface area (Å²) in [4.78, 5) is 17.7. The van der Waals surface area contributed by atoms with E-state index in [1.165, 1.54) is 11.1 Å². The first-order valence-electron chi connectivity index (χ1n) is 10.9. The lowest BCUT2D eigenvalue weighted by Crippen LogP contribution is -2.50. The van der Waals surface area contributed by atoms with E-state index >= 15 is 0 Å². The molecule has 4 nitrogen and oxygen atoms in total. The van der Waals surface area contributed by atoms with Crippen LogP contribution in [0.2, 0.25) is 0 Å². The minimum Gasteiger partial charge on any atom is -0.337 e. The van der Waals surface area contributed by atoms with Crippen molar-refractivity contribution in [1.82, 2.24) is 15.1 Å². The average molecular weight is 394 g/mol. The fraction of sp³-hybridized carbons (Fsp3) is 0.480. The minimum absolute atomic E-state index is 0.106. The smallest absolute Gasteiger partial charge is 0.240 e. The number of benzene rings is 2. The van der Waals surface area contributed by atoms with Crippen LogP contribution in [0.25, 0.3) is 0 Å². The van der Waals surface area contributed by atoms with Crippen molar-refractivity contribution in [3.05, 3.63) is 71.8 Å². The number of nitrogens with zero attached hydrogens (tertiary/aromatic N) is 2. The number of carbonyl (C=O) groups excluding carboxylic acids is 1. The second-order valence-electron chi connectivity index (χ2n) is 8.19. The van der Waals surface area contributed by atoms with Crippen molar-refractivity contribution >= 4 is 5.91 Å². The topological polar surface area (TPSA) is 35.6 Å². The Morgan fingerprint density at radius 2 is 1.69 bits per heavy atom. The van der Waals surface area contributed by atoms with Crippen molar-refractivity contribution in [3.8, 4) is 0 Å². The first-order chi connectivity index (χ1) is 14.2. The van der Waals surface area contributed by atoms with Crippen molar-refractivity contribution < 1.29 is 4.79 Å². The van der Waals surface area contributed by atoms with Crippen LogP contribution in [0.1, 0.15) is 30.4 Å². The molecule has 2 aromatic rings. The summed E-state index contributed by atoms with van der Waals surface area (Å²) in [5, 5.41) is 3.26. The lowest BCUT2D eigenvalue weighted by molar-refractivity contribution is -0.134. The Morgan fingerprint density at radius 3 is 2.31 bits per heavy atom. The Morgan fingerprint density at radius 1 is 1.07 bits per heavy atom. The van der Waals surface area contributed by atoms with Crippen LogP contribution in [-0.4, -0.2) is 61.5 Å². The molecule has 4 heteroatoms. The SMILES string of the molecule is CN[C@@H](CCc1ccccc1)C(=O)N1CCC[C@H]1CN(C)CCc1ccccc1. The second-order valence-corrected chi connectivity index (χ2v) is 8.19. The zero-order chi connectivity index (χ0) is 20.5. The maximum absolute atomic E-state index is 13.2. The molecule has 2 aromatic carbocycles. The van der Waals surface area contributed by atoms with Crippen molar-refractivity contribution in [2.45, 2.75) is 44.2 Å². The number of likely N-dealkylation sites (tertiary alicyclic amines) is 1. The Hall–Kier alpha value is -2.17. The van der Waals surface area contributed by atoms with Gasteiger partial charge in [0.2, 0.25) is 5.91 Å². The number of amides is 1. The Labute approximate surface area is 175 Å². The highest BCUT2D eigenvalue weighted by molar-refractivity contribution is 5.82. The van der Waals surface area contributed by atoms with Crippen LogP contribution in [-0.2, 0) is 17.6 Å². The first-order valence-corrected chi connectivity index (χ1v) is 10.9. The number of aryl methyl sites for hydroxylation is 1. The molecule has 29 heavy (non-hydrogen) atoms. The predicted octanol–water partition coefficient (Wildman–Crippen LogP) is 3.37. The van der Waals surface area contributed by atoms with Crippen LogP contribution in [0.5, 0.6) is 0 Å². The summed E-state index contributed by atoms with van der Waals surface area (Å²) in [6.07, 6.45) is 5.03. The van der Waals surface area contributed by atoms with E-state index in [0.29, 0.717) is 6.04 Å². The molecule has 0 unspecified atom stereocenters. The van der Waals surface area contributed by atoms with Crippen molar-refractivity contribution in [1.29, 1.82) is 0 Å². The molecule has 0 bridgehead atoms. The van der Waals surface area contributed by atoms with Crippen LogP contribution in [0.3, 0.4) is 0 Å². The van der Waals surface area contributed by atoms with Crippen LogP contribution < -0.4 is 5.32 Å². The number of hydrogen-bond acceptors (Lipinski definition) is 3. The summed E-state index contributed by atoms with van der Waals surface area (Å²) in [6, 6.07) is 21.3. The molecular weight excluding hydrogens is 358 g/mol. The zero-order valence-corrected chi connectivity index (χ0v) is 17.9. The highest BCUT2D eigenvalue weighted by Gasteiger charge is 2.32. The lowest BCUT2D eigenvalue weighted by Gasteiger charge is -2.31. The van der Waals surface area contributed by atoms with Gasteiger partial charge in [0.25, 0.3) is 0 Å². The molecule has 0 spiro atoms. The van der Waals surface area contributed by atoms with Gasteiger partial charge in [0.15, 0.2) is 0 Å². The van der Waals surface area contributed by atoms with E-state index < -0.39 is 0 Å². The molecule has 1 heterocycles. The minimum atomic E-state index is -0.106. The molecule has 3 rings (SSSR count). The Balaban J connectivity index is 1.50. The molecule has 0 aromatic heterocycles. The molecule has 0 saturated carbocycles. The van der Waals surface area contributed by atoms with Crippen LogP contribution in [0.4, 0.5) is 0 Å². The molecule has 1 amide bonds. The monoisotopic (exact) mass is 393 g/mol. The van der Waals surface area contributed by atoms with Crippen LogP contribution in [0.15, 0.2) is 60.7 Å². The van der Waals surface area contributed by atoms with Gasteiger partial charge in [0, 0.05) is 25.7 Å². The van der Waals surface area contributed by atoms with Gasteiger partial charge < -0.3 is 15.1 Å². The van der Waals surface area contributed by atoms with E-state index in [2.05, 4.69) is 76.8 Å². The zero-order valence-electron chi connectivity index (χ0n) is 17.9. The summed E-state index contributed by atoms with van der Waals surface area (Å²) in [6.45, 7) is 2.86. The molecule has 1 aliphatic heterocycles. The molecule has 1 aliphatic rings. The van der Waals surface area contributed by atoms with Crippen molar-refractivity contribution in [3.63, 3.8) is 0 Å². The van der Waals surface area contributed by atoms with Gasteiger partial charge in [-0.05, 0) is 57.3 Å². The number of likely N-dealkylation sites (N-methyl/N-ethyl adjacent to an activating group) is 2. The Bertz CT molecular complexity index is 734. The first kappa shape index (κ1) is 21.5. The van der Waals surface area contributed by atoms with Gasteiger partial charge in [-0.3, -0.25) is 4.79 Å². The molecule has 156 valence electrons. The second kappa shape index (κ2) is 11.1. The van der Waals surface area contributed by atoms with Crippen LogP contribution in [0, 0.1) is 0 Å². The standard InChI is InChI=1S/C25H35N3O/c1-26-24(16-15-21-10-5-3-6-11-21)25(29)28-18-9-14-23(28)20-27(2)19-17-22-12-7-4-8-13-22/h3-8,10-13,23-24,26H,9,14-20H2,1-2H3/t23-,24-/m0/s1. The quantitative estimate of drug-likeness (QED) is 0.672. The highest BCUT2D eigenvalue weighted by atomic mass is 16.2. The van der Waals surface area contributed by atoms with Gasteiger partial charge in [-0.2, -0.15) is 0 Å². The Kier molecular flexibility index (Phi) is 8.26. The molecule has 0 aliphatic carbocycles. The van der Waals surface area contributed by atoms with Gasteiger partial charge in [-0.25, -0.2) is 0 Å². The fourth-order valence-electron chi connectivity index (χ4n) is 4.28. The van der Waals surface area contributed by atoms with Gasteiger partial charge >= 0.3 is 0 Å². The molecule has 0 radical (unpaired) electrons. The van der Waals surface area contributed by atoms with Crippen molar-refractivity contribution in [2.24, 2.45) is 0 Å². The number of rotatable bonds is 10. The third-order valence-electron chi connectivity index (χ3n) is 6.02. The normalized spacial score (nSPS) is 17.6. The molecular formula is C25H35N3O. The predicted molar refractivity (Wildman–Crippen MR) is 120 cm³/mol. The summed E-state index contributed by atoms with van der Waals surface area (Å²) in [5.41, 5.74) is 2.66. The third-order valence-corrected chi connectivity index (χ3v) is 6.02. The van der Waals surface area contributed by atoms with Gasteiger partial charge in [0.1, 0.15) is 0 Å². The van der Waals surface area contributed by atoms with Gasteiger partial charge in [0.05, 0.1) is 6.04 Å². The van der Waals surface area contributed by atoms with E-state index in [1.807, 2.05) is 13.1 Å². The summed E-state index contributed by atoms with van der Waals surface area (Å²) < 4.78 is 0. The molecule has 1 N–H and O–H groups in total. The largest absolute Gasteiger partial charge is 0.337 e. The van der Waals surface area contributed by atoms with Gasteiger partial charge in [-0.1, -0.05) is 60.7 Å². The van der Waals surface area contributed by atoms with E-state index in [4.69, 9.17) is 0 Å². The molecule has 1 saturated heterocycles. The molecule has 1 fully saturated rings. The maximum atomic E-state index is 13.2. The highest BCUT2D eigenvalue weighted by Crippen LogP contribution is 2.20. The van der Waals surface area contributed by atoms with Gasteiger partial charge in [-0.15, -0.1) is 0 Å². The summed E-state index contributed by atoms with van der Waals surface area (Å²) in [5.74, 6) is 0.266. The fourth-order valence-corrected chi connectivity index (χ4v) is 4.28. The van der Waals surface area contributed by atoms with E-state index in [-0.39, 0.29) is 11.9 Å². The third kappa shape index (κ3) is 6.41. The number of carbonyl (C=O) groups is 1. The summed E-state index contributed by atoms with van der Waals surface area (Å²) >= 11 is 0. The lowest BCUT2D eigenvalue weighted by atomic mass is 10.0. The summed E-state index contributed by atoms with van der Waals surface area (Å²) in [7, 11) is 4.08.